The number of carbonyl (C=O) groups is 1. The molecule has 0 fully saturated rings. The van der Waals surface area contributed by atoms with Gasteiger partial charge in [-0.2, -0.15) is 0 Å². The molecule has 2 aromatic rings. The number of aromatic nitrogens is 1. The number of nitrogens with zero attached hydrogens (tertiary/aromatic N) is 2. The van der Waals surface area contributed by atoms with E-state index in [-0.39, 0.29) is 19.2 Å². The molecule has 0 spiro atoms. The highest BCUT2D eigenvalue weighted by Gasteiger charge is 2.27. The lowest BCUT2D eigenvalue weighted by Crippen LogP contribution is -2.22. The number of pyridine rings is 1. The van der Waals surface area contributed by atoms with E-state index in [9.17, 15) is 4.79 Å². The first-order valence-electron chi connectivity index (χ1n) is 6.64. The van der Waals surface area contributed by atoms with Gasteiger partial charge in [0.15, 0.2) is 6.04 Å². The van der Waals surface area contributed by atoms with Gasteiger partial charge >= 0.3 is 5.97 Å². The summed E-state index contributed by atoms with van der Waals surface area (Å²) < 4.78 is 10.7. The van der Waals surface area contributed by atoms with E-state index in [0.717, 1.165) is 11.1 Å². The van der Waals surface area contributed by atoms with Gasteiger partial charge in [-0.15, -0.1) is 0 Å². The highest BCUT2D eigenvalue weighted by molar-refractivity contribution is 5.97. The van der Waals surface area contributed by atoms with Crippen molar-refractivity contribution in [2.45, 2.75) is 12.6 Å². The van der Waals surface area contributed by atoms with Gasteiger partial charge in [0.1, 0.15) is 13.2 Å². The minimum absolute atomic E-state index is 0.206. The Labute approximate surface area is 122 Å². The third kappa shape index (κ3) is 3.25. The van der Waals surface area contributed by atoms with Crippen LogP contribution in [0.15, 0.2) is 59.9 Å². The van der Waals surface area contributed by atoms with Crippen LogP contribution in [0, 0.1) is 0 Å². The molecule has 1 aromatic carbocycles. The summed E-state index contributed by atoms with van der Waals surface area (Å²) in [5.41, 5.74) is 1.71. The molecule has 1 aliphatic rings. The first kappa shape index (κ1) is 13.3. The summed E-state index contributed by atoms with van der Waals surface area (Å²) in [5, 5.41) is 0. The Morgan fingerprint density at radius 1 is 1.24 bits per heavy atom. The molecule has 3 rings (SSSR count). The van der Waals surface area contributed by atoms with Crippen LogP contribution in [0.1, 0.15) is 11.1 Å². The number of esters is 1. The van der Waals surface area contributed by atoms with Gasteiger partial charge in [0.2, 0.25) is 5.90 Å². The average molecular weight is 282 g/mol. The molecule has 5 nitrogen and oxygen atoms in total. The zero-order valence-corrected chi connectivity index (χ0v) is 11.3. The maximum absolute atomic E-state index is 12.0. The lowest BCUT2D eigenvalue weighted by atomic mass is 10.2. The fourth-order valence-corrected chi connectivity index (χ4v) is 1.97. The molecule has 106 valence electrons. The number of benzene rings is 1. The van der Waals surface area contributed by atoms with Crippen LogP contribution in [0.4, 0.5) is 0 Å². The Bertz CT molecular complexity index is 641. The summed E-state index contributed by atoms with van der Waals surface area (Å²) >= 11 is 0. The lowest BCUT2D eigenvalue weighted by molar-refractivity contribution is -0.146. The normalized spacial score (nSPS) is 17.0. The van der Waals surface area contributed by atoms with Crippen LogP contribution >= 0.6 is 0 Å². The SMILES string of the molecule is O=C(OCc1ccccc1)[C@@H]1COC(c2cccnc2)=N1. The molecule has 0 saturated heterocycles. The molecular formula is C16H14N2O3. The largest absolute Gasteiger partial charge is 0.474 e. The molecule has 0 aliphatic carbocycles. The van der Waals surface area contributed by atoms with Crippen LogP contribution in [0.3, 0.4) is 0 Å². The van der Waals surface area contributed by atoms with Crippen LogP contribution in [0.25, 0.3) is 0 Å². The molecule has 5 heteroatoms. The molecule has 1 aromatic heterocycles. The topological polar surface area (TPSA) is 60.8 Å². The van der Waals surface area contributed by atoms with E-state index in [2.05, 4.69) is 9.98 Å². The second-order valence-corrected chi connectivity index (χ2v) is 4.60. The number of ether oxygens (including phenoxy) is 2. The highest BCUT2D eigenvalue weighted by Crippen LogP contribution is 2.13. The third-order valence-corrected chi connectivity index (χ3v) is 3.06. The van der Waals surface area contributed by atoms with Gasteiger partial charge in [-0.05, 0) is 17.7 Å². The van der Waals surface area contributed by atoms with E-state index in [1.54, 1.807) is 18.5 Å². The summed E-state index contributed by atoms with van der Waals surface area (Å²) in [4.78, 5) is 20.2. The van der Waals surface area contributed by atoms with Crippen LogP contribution in [0.5, 0.6) is 0 Å². The smallest absolute Gasteiger partial charge is 0.334 e. The molecule has 0 radical (unpaired) electrons. The van der Waals surface area contributed by atoms with Gasteiger partial charge in [-0.25, -0.2) is 9.79 Å². The Kier molecular flexibility index (Phi) is 3.91. The monoisotopic (exact) mass is 282 g/mol. The van der Waals surface area contributed by atoms with Crippen LogP contribution in [0.2, 0.25) is 0 Å². The van der Waals surface area contributed by atoms with E-state index >= 15 is 0 Å². The van der Waals surface area contributed by atoms with Gasteiger partial charge in [-0.3, -0.25) is 4.98 Å². The van der Waals surface area contributed by atoms with Crippen LogP contribution in [-0.4, -0.2) is 29.5 Å². The molecule has 0 amide bonds. The minimum atomic E-state index is -0.607. The molecule has 21 heavy (non-hydrogen) atoms. The Hall–Kier alpha value is -2.69. The molecule has 0 unspecified atom stereocenters. The van der Waals surface area contributed by atoms with Crippen molar-refractivity contribution in [3.8, 4) is 0 Å². The van der Waals surface area contributed by atoms with E-state index in [4.69, 9.17) is 9.47 Å². The van der Waals surface area contributed by atoms with Crippen molar-refractivity contribution in [1.82, 2.24) is 4.98 Å². The van der Waals surface area contributed by atoms with Crippen molar-refractivity contribution in [3.05, 3.63) is 66.0 Å². The summed E-state index contributed by atoms with van der Waals surface area (Å²) in [7, 11) is 0. The third-order valence-electron chi connectivity index (χ3n) is 3.06. The van der Waals surface area contributed by atoms with Gasteiger partial charge in [0.05, 0.1) is 5.56 Å². The fourth-order valence-electron chi connectivity index (χ4n) is 1.97. The summed E-state index contributed by atoms with van der Waals surface area (Å²) in [5.74, 6) is 0.0579. The Morgan fingerprint density at radius 3 is 2.86 bits per heavy atom. The van der Waals surface area contributed by atoms with E-state index in [1.165, 1.54) is 0 Å². The number of carbonyl (C=O) groups excluding carboxylic acids is 1. The van der Waals surface area contributed by atoms with Gasteiger partial charge in [0.25, 0.3) is 0 Å². The van der Waals surface area contributed by atoms with Gasteiger partial charge < -0.3 is 9.47 Å². The predicted molar refractivity (Wildman–Crippen MR) is 76.8 cm³/mol. The average Bonchev–Trinajstić information content (AvgIpc) is 3.04. The van der Waals surface area contributed by atoms with E-state index in [0.29, 0.717) is 5.90 Å². The highest BCUT2D eigenvalue weighted by atomic mass is 16.5. The maximum Gasteiger partial charge on any atom is 0.334 e. The fraction of sp³-hybridized carbons (Fsp3) is 0.188. The number of aliphatic imine (C=N–C) groups is 1. The second-order valence-electron chi connectivity index (χ2n) is 4.60. The van der Waals surface area contributed by atoms with Crippen molar-refractivity contribution in [2.75, 3.05) is 6.61 Å². The van der Waals surface area contributed by atoms with Crippen molar-refractivity contribution in [1.29, 1.82) is 0 Å². The molecule has 0 saturated carbocycles. The molecule has 0 N–H and O–H groups in total. The van der Waals surface area contributed by atoms with Crippen molar-refractivity contribution in [3.63, 3.8) is 0 Å². The molecule has 1 atom stereocenters. The van der Waals surface area contributed by atoms with Crippen molar-refractivity contribution >= 4 is 11.9 Å². The molecular weight excluding hydrogens is 268 g/mol. The molecule has 0 bridgehead atoms. The van der Waals surface area contributed by atoms with Gasteiger partial charge in [-0.1, -0.05) is 30.3 Å². The quantitative estimate of drug-likeness (QED) is 0.804. The summed E-state index contributed by atoms with van der Waals surface area (Å²) in [6, 6.07) is 12.6. The maximum atomic E-state index is 12.0. The van der Waals surface area contributed by atoms with Crippen LogP contribution < -0.4 is 0 Å². The number of rotatable bonds is 4. The van der Waals surface area contributed by atoms with Crippen LogP contribution in [-0.2, 0) is 20.9 Å². The standard InChI is InChI=1S/C16H14N2O3/c19-16(21-10-12-5-2-1-3-6-12)14-11-20-15(18-14)13-7-4-8-17-9-13/h1-9,14H,10-11H2/t14-/m0/s1. The Balaban J connectivity index is 1.60. The lowest BCUT2D eigenvalue weighted by Gasteiger charge is -2.06. The van der Waals surface area contributed by atoms with Crippen molar-refractivity contribution < 1.29 is 14.3 Å². The van der Waals surface area contributed by atoms with Gasteiger partial charge in [0, 0.05) is 12.4 Å². The summed E-state index contributed by atoms with van der Waals surface area (Å²) in [6.45, 7) is 0.450. The predicted octanol–water partition coefficient (Wildman–Crippen LogP) is 1.97. The molecule has 2 heterocycles. The van der Waals surface area contributed by atoms with Crippen molar-refractivity contribution in [2.24, 2.45) is 4.99 Å². The summed E-state index contributed by atoms with van der Waals surface area (Å²) in [6.07, 6.45) is 3.32. The first-order valence-corrected chi connectivity index (χ1v) is 6.64. The number of hydrogen-bond donors (Lipinski definition) is 0. The molecule has 1 aliphatic heterocycles. The zero-order chi connectivity index (χ0) is 14.5. The minimum Gasteiger partial charge on any atom is -0.474 e. The number of hydrogen-bond acceptors (Lipinski definition) is 5. The zero-order valence-electron chi connectivity index (χ0n) is 11.3. The van der Waals surface area contributed by atoms with E-state index < -0.39 is 6.04 Å². The Morgan fingerprint density at radius 2 is 2.10 bits per heavy atom. The van der Waals surface area contributed by atoms with E-state index in [1.807, 2.05) is 36.4 Å². The second kappa shape index (κ2) is 6.17. The first-order chi connectivity index (χ1) is 10.3.